The van der Waals surface area contributed by atoms with Gasteiger partial charge in [-0.25, -0.2) is 4.79 Å². The lowest BCUT2D eigenvalue weighted by atomic mass is 9.61. The van der Waals surface area contributed by atoms with Crippen LogP contribution in [0, 0.1) is 5.92 Å². The number of nitrogens with zero attached hydrogens (tertiary/aromatic N) is 1. The monoisotopic (exact) mass is 407 g/mol. The van der Waals surface area contributed by atoms with Gasteiger partial charge in [0.05, 0.1) is 16.7 Å². The van der Waals surface area contributed by atoms with Gasteiger partial charge in [-0.05, 0) is 62.3 Å². The van der Waals surface area contributed by atoms with Crippen LogP contribution < -0.4 is 10.1 Å². The summed E-state index contributed by atoms with van der Waals surface area (Å²) in [4.78, 5) is 14.2. The molecule has 2 atom stereocenters. The second kappa shape index (κ2) is 9.41. The van der Waals surface area contributed by atoms with E-state index in [0.29, 0.717) is 6.42 Å². The predicted octanol–water partition coefficient (Wildman–Crippen LogP) is 3.27. The Morgan fingerprint density at radius 1 is 1.32 bits per heavy atom. The van der Waals surface area contributed by atoms with Crippen LogP contribution in [0.2, 0.25) is 0 Å². The Hall–Kier alpha value is -2.08. The van der Waals surface area contributed by atoms with Gasteiger partial charge in [0.1, 0.15) is 5.75 Å². The van der Waals surface area contributed by atoms with E-state index in [9.17, 15) is 9.90 Å². The molecule has 5 nitrogen and oxygen atoms in total. The third kappa shape index (κ3) is 4.17. The van der Waals surface area contributed by atoms with Gasteiger partial charge in [-0.3, -0.25) is 0 Å². The number of nitrogens with one attached hydrogen (secondary N) is 1. The smallest absolute Gasteiger partial charge is 0.335 e. The fourth-order valence-corrected chi connectivity index (χ4v) is 4.39. The summed E-state index contributed by atoms with van der Waals surface area (Å²) in [7, 11) is 1.44. The molecule has 1 aliphatic rings. The van der Waals surface area contributed by atoms with Crippen molar-refractivity contribution in [2.45, 2.75) is 11.8 Å². The van der Waals surface area contributed by atoms with Crippen LogP contribution in [0.15, 0.2) is 48.5 Å². The number of ether oxygens (including phenoxy) is 1. The van der Waals surface area contributed by atoms with Crippen LogP contribution >= 0.6 is 12.4 Å². The van der Waals surface area contributed by atoms with Crippen LogP contribution in [-0.4, -0.2) is 56.7 Å². The number of rotatable bonds is 6. The van der Waals surface area contributed by atoms with Crippen LogP contribution in [0.3, 0.4) is 0 Å². The van der Waals surface area contributed by atoms with Gasteiger partial charge >= 0.3 is 5.97 Å². The molecule has 2 aromatic rings. The maximum atomic E-state index is 12.1. The number of benzene rings is 2. The van der Waals surface area contributed by atoms with Crippen molar-refractivity contribution in [3.05, 3.63) is 65.2 Å². The van der Waals surface area contributed by atoms with Crippen LogP contribution in [0.4, 0.5) is 0 Å². The van der Waals surface area contributed by atoms with Crippen molar-refractivity contribution in [2.75, 3.05) is 40.8 Å². The van der Waals surface area contributed by atoms with E-state index < -0.39 is 18.4 Å². The highest BCUT2D eigenvalue weighted by atomic mass is 35.5. The van der Waals surface area contributed by atoms with Crippen LogP contribution in [0.5, 0.6) is 5.75 Å². The number of hydrogen-bond acceptors (Lipinski definition) is 4. The highest BCUT2D eigenvalue weighted by molar-refractivity contribution is 5.90. The molecule has 2 aromatic carbocycles. The number of halogens is 1. The highest BCUT2D eigenvalue weighted by Gasteiger charge is 2.45. The summed E-state index contributed by atoms with van der Waals surface area (Å²) in [6, 6.07) is 14.2. The van der Waals surface area contributed by atoms with Gasteiger partial charge in [0.25, 0.3) is 0 Å². The molecule has 0 aromatic heterocycles. The third-order valence-corrected chi connectivity index (χ3v) is 5.47. The van der Waals surface area contributed by atoms with E-state index in [1.54, 1.807) is 30.3 Å². The molecule has 2 unspecified atom stereocenters. The fourth-order valence-electron chi connectivity index (χ4n) is 4.39. The number of carbonyl (C=O) groups is 1. The average Bonchev–Trinajstić information content (AvgIpc) is 2.67. The van der Waals surface area contributed by atoms with Crippen molar-refractivity contribution in [1.29, 1.82) is 0 Å². The quantitative estimate of drug-likeness (QED) is 0.769. The number of methoxy groups -OCH3 is 1. The Labute approximate surface area is 177 Å². The van der Waals surface area contributed by atoms with E-state index in [1.807, 2.05) is 32.3 Å². The Morgan fingerprint density at radius 2 is 2.11 bits per heavy atom. The molecule has 1 saturated heterocycles. The number of carboxylic acid groups (broad SMARTS) is 1. The van der Waals surface area contributed by atoms with Gasteiger partial charge in [0.15, 0.2) is 0 Å². The van der Waals surface area contributed by atoms with Gasteiger partial charge in [0, 0.05) is 18.5 Å². The van der Waals surface area contributed by atoms with E-state index in [2.05, 4.69) is 10.2 Å². The summed E-state index contributed by atoms with van der Waals surface area (Å²) in [5.41, 5.74) is 1.28. The molecule has 0 amide bonds. The number of carboxylic acids is 1. The maximum absolute atomic E-state index is 12.1. The molecule has 2 N–H and O–H groups in total. The van der Waals surface area contributed by atoms with Crippen molar-refractivity contribution in [3.8, 4) is 5.75 Å². The summed E-state index contributed by atoms with van der Waals surface area (Å²) in [6.45, 7) is 2.18. The molecule has 0 bridgehead atoms. The standard InChI is InChI=1S/C22H28N2O3.ClH/c1-24(2)15-17-14-23-12-11-22(17,16-7-6-8-18(13-16)27-3)20-10-5-4-9-19(20)21(25)26;/h4-10,13,17,23H,11-12,14-15H2,1-3H3,(H,25,26);1H/i3D3;. The van der Waals surface area contributed by atoms with Crippen molar-refractivity contribution >= 4 is 18.4 Å². The molecule has 1 aliphatic heterocycles. The van der Waals surface area contributed by atoms with E-state index in [-0.39, 0.29) is 29.6 Å². The topological polar surface area (TPSA) is 61.8 Å². The fraction of sp³-hybridized carbons (Fsp3) is 0.409. The molecule has 0 saturated carbocycles. The largest absolute Gasteiger partial charge is 0.497 e. The van der Waals surface area contributed by atoms with Gasteiger partial charge in [-0.1, -0.05) is 30.3 Å². The number of aromatic carboxylic acids is 1. The Bertz CT molecular complexity index is 908. The summed E-state index contributed by atoms with van der Waals surface area (Å²) >= 11 is 0. The first-order chi connectivity index (χ1) is 14.1. The van der Waals surface area contributed by atoms with E-state index in [4.69, 9.17) is 8.85 Å². The van der Waals surface area contributed by atoms with E-state index >= 15 is 0 Å². The maximum Gasteiger partial charge on any atom is 0.335 e. The van der Waals surface area contributed by atoms with Crippen molar-refractivity contribution in [1.82, 2.24) is 10.2 Å². The zero-order valence-corrected chi connectivity index (χ0v) is 17.0. The first kappa shape index (κ1) is 18.0. The first-order valence-electron chi connectivity index (χ1n) is 10.6. The Morgan fingerprint density at radius 3 is 2.82 bits per heavy atom. The van der Waals surface area contributed by atoms with Gasteiger partial charge in [-0.15, -0.1) is 12.4 Å². The van der Waals surface area contributed by atoms with Crippen LogP contribution in [0.25, 0.3) is 0 Å². The van der Waals surface area contributed by atoms with Crippen molar-refractivity contribution < 1.29 is 18.8 Å². The highest BCUT2D eigenvalue weighted by Crippen LogP contribution is 2.46. The third-order valence-electron chi connectivity index (χ3n) is 5.47. The van der Waals surface area contributed by atoms with Gasteiger partial charge in [-0.2, -0.15) is 0 Å². The average molecular weight is 408 g/mol. The zero-order chi connectivity index (χ0) is 21.9. The normalized spacial score (nSPS) is 23.8. The van der Waals surface area contributed by atoms with Crippen molar-refractivity contribution in [2.24, 2.45) is 5.92 Å². The molecule has 0 aliphatic carbocycles. The zero-order valence-electron chi connectivity index (χ0n) is 19.1. The van der Waals surface area contributed by atoms with E-state index in [0.717, 1.165) is 30.8 Å². The first-order valence-corrected chi connectivity index (χ1v) is 9.11. The molecular formula is C22H29ClN2O3. The molecule has 0 spiro atoms. The minimum absolute atomic E-state index is 0. The van der Waals surface area contributed by atoms with Crippen molar-refractivity contribution in [3.63, 3.8) is 0 Å². The molecule has 6 heteroatoms. The minimum atomic E-state index is -2.55. The van der Waals surface area contributed by atoms with Crippen LogP contribution in [-0.2, 0) is 5.41 Å². The lowest BCUT2D eigenvalue weighted by molar-refractivity contribution is 0.0691. The molecule has 3 rings (SSSR count). The molecular weight excluding hydrogens is 376 g/mol. The minimum Gasteiger partial charge on any atom is -0.497 e. The molecule has 1 fully saturated rings. The second-order valence-corrected chi connectivity index (χ2v) is 7.37. The molecule has 1 heterocycles. The predicted molar refractivity (Wildman–Crippen MR) is 114 cm³/mol. The number of piperidine rings is 1. The van der Waals surface area contributed by atoms with Crippen LogP contribution in [0.1, 0.15) is 32.0 Å². The Kier molecular flexibility index (Phi) is 6.04. The number of hydrogen-bond donors (Lipinski definition) is 2. The summed E-state index contributed by atoms with van der Waals surface area (Å²) in [6.07, 6.45) is 0.688. The van der Waals surface area contributed by atoms with Gasteiger partial charge < -0.3 is 20.1 Å². The molecule has 28 heavy (non-hydrogen) atoms. The second-order valence-electron chi connectivity index (χ2n) is 7.37. The van der Waals surface area contributed by atoms with Gasteiger partial charge in [0.2, 0.25) is 0 Å². The van der Waals surface area contributed by atoms with E-state index in [1.165, 1.54) is 0 Å². The lowest BCUT2D eigenvalue weighted by Crippen LogP contribution is -2.52. The Balaban J connectivity index is 0.00000341. The summed E-state index contributed by atoms with van der Waals surface area (Å²) in [5.74, 6) is -0.645. The summed E-state index contributed by atoms with van der Waals surface area (Å²) < 4.78 is 27.5. The lowest BCUT2D eigenvalue weighted by Gasteiger charge is -2.47. The molecule has 152 valence electrons. The molecule has 0 radical (unpaired) electrons. The SMILES string of the molecule is Cl.[2H]C([2H])([2H])Oc1cccc(C2(c3ccccc3C(=O)O)CCNCC2CN(C)C)c1. The summed E-state index contributed by atoms with van der Waals surface area (Å²) in [5, 5.41) is 13.3.